The first kappa shape index (κ1) is 13.1. The Hall–Kier alpha value is -0.980. The van der Waals surface area contributed by atoms with Gasteiger partial charge < -0.3 is 14.4 Å². The monoisotopic (exact) mass is 244 g/mol. The number of nitrogens with one attached hydrogen (secondary N) is 1. The topological polar surface area (TPSA) is 67.2 Å². The SMILES string of the molecule is COC(CO)CCn1cc(C)c(=S)[nH]c1=O. The van der Waals surface area contributed by atoms with Crippen molar-refractivity contribution in [1.82, 2.24) is 9.55 Å². The van der Waals surface area contributed by atoms with E-state index in [1.165, 1.54) is 11.7 Å². The van der Waals surface area contributed by atoms with Crippen LogP contribution >= 0.6 is 12.2 Å². The van der Waals surface area contributed by atoms with Crippen molar-refractivity contribution in [3.8, 4) is 0 Å². The molecule has 0 spiro atoms. The maximum absolute atomic E-state index is 11.5. The van der Waals surface area contributed by atoms with Gasteiger partial charge in [0.15, 0.2) is 0 Å². The van der Waals surface area contributed by atoms with E-state index in [0.717, 1.165) is 5.56 Å². The number of hydrogen-bond donors (Lipinski definition) is 2. The molecule has 6 heteroatoms. The molecular formula is C10H16N2O3S. The number of aliphatic hydroxyl groups is 1. The van der Waals surface area contributed by atoms with Crippen molar-refractivity contribution in [2.75, 3.05) is 13.7 Å². The highest BCUT2D eigenvalue weighted by molar-refractivity contribution is 7.71. The van der Waals surface area contributed by atoms with Gasteiger partial charge >= 0.3 is 5.69 Å². The molecule has 1 heterocycles. The van der Waals surface area contributed by atoms with E-state index in [1.54, 1.807) is 6.20 Å². The molecule has 16 heavy (non-hydrogen) atoms. The van der Waals surface area contributed by atoms with Gasteiger partial charge in [-0.2, -0.15) is 0 Å². The van der Waals surface area contributed by atoms with Gasteiger partial charge in [-0.25, -0.2) is 4.79 Å². The Morgan fingerprint density at radius 3 is 2.94 bits per heavy atom. The third-order valence-corrected chi connectivity index (χ3v) is 2.84. The highest BCUT2D eigenvalue weighted by Crippen LogP contribution is 2.00. The van der Waals surface area contributed by atoms with Crippen molar-refractivity contribution in [1.29, 1.82) is 0 Å². The molecule has 1 rings (SSSR count). The van der Waals surface area contributed by atoms with Crippen LogP contribution < -0.4 is 5.69 Å². The fraction of sp³-hybridized carbons (Fsp3) is 0.600. The quantitative estimate of drug-likeness (QED) is 0.745. The highest BCUT2D eigenvalue weighted by Gasteiger charge is 2.06. The third-order valence-electron chi connectivity index (χ3n) is 2.42. The lowest BCUT2D eigenvalue weighted by Crippen LogP contribution is -2.26. The maximum Gasteiger partial charge on any atom is 0.326 e. The summed E-state index contributed by atoms with van der Waals surface area (Å²) in [6.07, 6.45) is 2.05. The average molecular weight is 244 g/mol. The Bertz CT molecular complexity index is 448. The van der Waals surface area contributed by atoms with Gasteiger partial charge in [-0.15, -0.1) is 0 Å². The van der Waals surface area contributed by atoms with Crippen molar-refractivity contribution < 1.29 is 9.84 Å². The minimum atomic E-state index is -0.240. The van der Waals surface area contributed by atoms with E-state index >= 15 is 0 Å². The molecule has 90 valence electrons. The van der Waals surface area contributed by atoms with Crippen LogP contribution in [0.15, 0.2) is 11.0 Å². The number of aryl methyl sites for hydroxylation is 2. The van der Waals surface area contributed by atoms with Crippen molar-refractivity contribution in [2.45, 2.75) is 26.0 Å². The van der Waals surface area contributed by atoms with E-state index in [2.05, 4.69) is 4.98 Å². The Morgan fingerprint density at radius 2 is 2.38 bits per heavy atom. The van der Waals surface area contributed by atoms with E-state index in [9.17, 15) is 4.79 Å². The number of ether oxygens (including phenoxy) is 1. The van der Waals surface area contributed by atoms with Gasteiger partial charge in [0, 0.05) is 25.4 Å². The van der Waals surface area contributed by atoms with Gasteiger partial charge in [0.1, 0.15) is 4.64 Å². The molecule has 1 unspecified atom stereocenters. The summed E-state index contributed by atoms with van der Waals surface area (Å²) < 4.78 is 7.02. The zero-order valence-corrected chi connectivity index (χ0v) is 10.2. The summed E-state index contributed by atoms with van der Waals surface area (Å²) in [5.74, 6) is 0. The third kappa shape index (κ3) is 3.26. The van der Waals surface area contributed by atoms with Crippen LogP contribution in [0.4, 0.5) is 0 Å². The maximum atomic E-state index is 11.5. The number of nitrogens with zero attached hydrogens (tertiary/aromatic N) is 1. The standard InChI is InChI=1S/C10H16N2O3S/c1-7-5-12(10(14)11-9(7)16)4-3-8(6-13)15-2/h5,8,13H,3-4,6H2,1-2H3,(H,11,14,16). The number of aliphatic hydroxyl groups excluding tert-OH is 1. The van der Waals surface area contributed by atoms with Crippen molar-refractivity contribution >= 4 is 12.2 Å². The fourth-order valence-electron chi connectivity index (χ4n) is 1.35. The van der Waals surface area contributed by atoms with Crippen LogP contribution in [0.3, 0.4) is 0 Å². The Kier molecular flexibility index (Phi) is 4.85. The van der Waals surface area contributed by atoms with Crippen LogP contribution in [0, 0.1) is 11.6 Å². The summed E-state index contributed by atoms with van der Waals surface area (Å²) in [7, 11) is 1.54. The fourth-order valence-corrected chi connectivity index (χ4v) is 1.49. The molecule has 1 atom stereocenters. The predicted molar refractivity (Wildman–Crippen MR) is 63.1 cm³/mol. The first-order valence-corrected chi connectivity index (χ1v) is 5.43. The lowest BCUT2D eigenvalue weighted by molar-refractivity contribution is 0.0401. The molecule has 0 saturated carbocycles. The van der Waals surface area contributed by atoms with Crippen molar-refractivity contribution in [2.24, 2.45) is 0 Å². The summed E-state index contributed by atoms with van der Waals surface area (Å²) in [4.78, 5) is 14.1. The average Bonchev–Trinajstić information content (AvgIpc) is 2.26. The Balaban J connectivity index is 2.78. The summed E-state index contributed by atoms with van der Waals surface area (Å²) in [6, 6.07) is 0. The second-order valence-corrected chi connectivity index (χ2v) is 4.00. The second kappa shape index (κ2) is 5.93. The lowest BCUT2D eigenvalue weighted by Gasteiger charge is -2.13. The number of aromatic amines is 1. The first-order valence-electron chi connectivity index (χ1n) is 5.02. The Morgan fingerprint density at radius 1 is 1.69 bits per heavy atom. The van der Waals surface area contributed by atoms with Crippen LogP contribution in [-0.4, -0.2) is 34.5 Å². The number of rotatable bonds is 5. The molecule has 0 aliphatic rings. The van der Waals surface area contributed by atoms with Gasteiger partial charge in [-0.3, -0.25) is 4.98 Å². The second-order valence-electron chi connectivity index (χ2n) is 3.59. The predicted octanol–water partition coefficient (Wildman–Crippen LogP) is 0.612. The normalized spacial score (nSPS) is 12.7. The first-order chi connectivity index (χ1) is 7.58. The summed E-state index contributed by atoms with van der Waals surface area (Å²) >= 11 is 4.95. The summed E-state index contributed by atoms with van der Waals surface area (Å²) in [6.45, 7) is 2.28. The smallest absolute Gasteiger partial charge is 0.326 e. The van der Waals surface area contributed by atoms with Crippen molar-refractivity contribution in [3.05, 3.63) is 26.9 Å². The minimum absolute atomic E-state index is 0.0485. The minimum Gasteiger partial charge on any atom is -0.394 e. The van der Waals surface area contributed by atoms with Crippen LogP contribution in [0.2, 0.25) is 0 Å². The van der Waals surface area contributed by atoms with E-state index in [0.29, 0.717) is 17.6 Å². The number of H-pyrrole nitrogens is 1. The van der Waals surface area contributed by atoms with Crippen LogP contribution in [0.25, 0.3) is 0 Å². The molecule has 0 aromatic carbocycles. The molecule has 0 bridgehead atoms. The molecular weight excluding hydrogens is 228 g/mol. The molecule has 0 radical (unpaired) electrons. The van der Waals surface area contributed by atoms with Crippen LogP contribution in [0.5, 0.6) is 0 Å². The highest BCUT2D eigenvalue weighted by atomic mass is 32.1. The van der Waals surface area contributed by atoms with Crippen LogP contribution in [-0.2, 0) is 11.3 Å². The molecule has 0 fully saturated rings. The molecule has 5 nitrogen and oxygen atoms in total. The van der Waals surface area contributed by atoms with Gasteiger partial charge in [0.2, 0.25) is 0 Å². The van der Waals surface area contributed by atoms with E-state index in [4.69, 9.17) is 22.1 Å². The van der Waals surface area contributed by atoms with Crippen molar-refractivity contribution in [3.63, 3.8) is 0 Å². The number of aromatic nitrogens is 2. The Labute approximate surface area is 98.7 Å². The van der Waals surface area contributed by atoms with Gasteiger partial charge in [0.25, 0.3) is 0 Å². The zero-order chi connectivity index (χ0) is 12.1. The van der Waals surface area contributed by atoms with Gasteiger partial charge in [0.05, 0.1) is 12.7 Å². The lowest BCUT2D eigenvalue weighted by atomic mass is 10.2. The van der Waals surface area contributed by atoms with E-state index < -0.39 is 0 Å². The molecule has 0 aliphatic carbocycles. The van der Waals surface area contributed by atoms with Gasteiger partial charge in [-0.05, 0) is 13.3 Å². The van der Waals surface area contributed by atoms with Crippen LogP contribution in [0.1, 0.15) is 12.0 Å². The molecule has 0 saturated heterocycles. The van der Waals surface area contributed by atoms with Gasteiger partial charge in [-0.1, -0.05) is 12.2 Å². The molecule has 1 aromatic heterocycles. The largest absolute Gasteiger partial charge is 0.394 e. The number of hydrogen-bond acceptors (Lipinski definition) is 4. The zero-order valence-electron chi connectivity index (χ0n) is 9.40. The van der Waals surface area contributed by atoms with E-state index in [-0.39, 0.29) is 18.4 Å². The summed E-state index contributed by atoms with van der Waals surface area (Å²) in [5, 5.41) is 8.94. The number of methoxy groups -OCH3 is 1. The molecule has 0 aliphatic heterocycles. The molecule has 1 aromatic rings. The summed E-state index contributed by atoms with van der Waals surface area (Å²) in [5.41, 5.74) is 0.621. The molecule has 0 amide bonds. The van der Waals surface area contributed by atoms with E-state index in [1.807, 2.05) is 6.92 Å². The molecule has 2 N–H and O–H groups in total.